The number of aromatic nitrogens is 2. The Kier molecular flexibility index (Phi) is 3.79. The molecule has 0 spiro atoms. The molecule has 1 amide bonds. The summed E-state index contributed by atoms with van der Waals surface area (Å²) in [6, 6.07) is 4.74. The van der Waals surface area contributed by atoms with Crippen molar-refractivity contribution in [3.8, 4) is 0 Å². The van der Waals surface area contributed by atoms with Crippen LogP contribution in [0.3, 0.4) is 0 Å². The van der Waals surface area contributed by atoms with Crippen molar-refractivity contribution in [2.75, 3.05) is 12.3 Å². The molecular weight excluding hydrogens is 247 g/mol. The summed E-state index contributed by atoms with van der Waals surface area (Å²) in [5.74, 6) is -0.912. The molecule has 0 unspecified atom stereocenters. The molecule has 0 saturated heterocycles. The van der Waals surface area contributed by atoms with Crippen LogP contribution in [-0.4, -0.2) is 22.2 Å². The van der Waals surface area contributed by atoms with Gasteiger partial charge in [0.2, 0.25) is 0 Å². The van der Waals surface area contributed by atoms with E-state index in [1.54, 1.807) is 29.9 Å². The quantitative estimate of drug-likeness (QED) is 0.873. The van der Waals surface area contributed by atoms with Gasteiger partial charge in [0, 0.05) is 12.7 Å². The summed E-state index contributed by atoms with van der Waals surface area (Å²) in [4.78, 5) is 11.8. The highest BCUT2D eigenvalue weighted by molar-refractivity contribution is 5.94. The number of nitrogen functional groups attached to an aromatic ring is 1. The number of anilines is 1. The second kappa shape index (κ2) is 5.51. The van der Waals surface area contributed by atoms with E-state index in [9.17, 15) is 9.18 Å². The smallest absolute Gasteiger partial charge is 0.254 e. The number of hydrogen-bond donors (Lipinski definition) is 2. The molecule has 2 rings (SSSR count). The second-order valence-electron chi connectivity index (χ2n) is 4.23. The lowest BCUT2D eigenvalue weighted by Crippen LogP contribution is -2.28. The van der Waals surface area contributed by atoms with E-state index in [0.29, 0.717) is 24.3 Å². The highest BCUT2D eigenvalue weighted by Crippen LogP contribution is 2.11. The van der Waals surface area contributed by atoms with Gasteiger partial charge in [-0.2, -0.15) is 5.10 Å². The maximum absolute atomic E-state index is 13.7. The third kappa shape index (κ3) is 3.09. The number of rotatable bonds is 4. The van der Waals surface area contributed by atoms with Crippen LogP contribution in [0, 0.1) is 12.7 Å². The van der Waals surface area contributed by atoms with Crippen molar-refractivity contribution in [2.24, 2.45) is 0 Å². The third-order valence-corrected chi connectivity index (χ3v) is 2.72. The van der Waals surface area contributed by atoms with Gasteiger partial charge in [0.15, 0.2) is 0 Å². The van der Waals surface area contributed by atoms with Crippen molar-refractivity contribution < 1.29 is 9.18 Å². The topological polar surface area (TPSA) is 72.9 Å². The van der Waals surface area contributed by atoms with Crippen LogP contribution in [0.5, 0.6) is 0 Å². The van der Waals surface area contributed by atoms with Crippen LogP contribution < -0.4 is 11.1 Å². The Bertz CT molecular complexity index is 594. The number of nitrogens with two attached hydrogens (primary N) is 1. The first-order valence-electron chi connectivity index (χ1n) is 5.89. The van der Waals surface area contributed by atoms with E-state index in [0.717, 1.165) is 0 Å². The Morgan fingerprint density at radius 3 is 3.00 bits per heavy atom. The Morgan fingerprint density at radius 2 is 2.32 bits per heavy atom. The number of halogens is 1. The largest absolute Gasteiger partial charge is 0.396 e. The number of carbonyl (C=O) groups is 1. The monoisotopic (exact) mass is 262 g/mol. The molecule has 0 bridgehead atoms. The van der Waals surface area contributed by atoms with Gasteiger partial charge >= 0.3 is 0 Å². The molecule has 3 N–H and O–H groups in total. The fourth-order valence-corrected chi connectivity index (χ4v) is 1.70. The lowest BCUT2D eigenvalue weighted by Gasteiger charge is -2.07. The summed E-state index contributed by atoms with van der Waals surface area (Å²) in [6.45, 7) is 2.46. The van der Waals surface area contributed by atoms with Gasteiger partial charge in [-0.1, -0.05) is 12.1 Å². The minimum atomic E-state index is -0.483. The molecule has 0 aliphatic rings. The van der Waals surface area contributed by atoms with Crippen LogP contribution >= 0.6 is 0 Å². The molecule has 0 fully saturated rings. The molecule has 1 aromatic carbocycles. The van der Waals surface area contributed by atoms with E-state index in [1.807, 2.05) is 0 Å². The van der Waals surface area contributed by atoms with Gasteiger partial charge in [0.05, 0.1) is 24.0 Å². The maximum Gasteiger partial charge on any atom is 0.254 e. The van der Waals surface area contributed by atoms with Crippen LogP contribution in [-0.2, 0) is 6.54 Å². The first kappa shape index (κ1) is 13.1. The summed E-state index contributed by atoms with van der Waals surface area (Å²) in [5.41, 5.74) is 6.59. The highest BCUT2D eigenvalue weighted by Gasteiger charge is 2.12. The summed E-state index contributed by atoms with van der Waals surface area (Å²) < 4.78 is 15.3. The minimum Gasteiger partial charge on any atom is -0.396 e. The van der Waals surface area contributed by atoms with Crippen molar-refractivity contribution in [1.82, 2.24) is 15.1 Å². The van der Waals surface area contributed by atoms with E-state index in [1.165, 1.54) is 12.3 Å². The van der Waals surface area contributed by atoms with Gasteiger partial charge in [-0.3, -0.25) is 9.48 Å². The van der Waals surface area contributed by atoms with Crippen molar-refractivity contribution >= 4 is 11.6 Å². The molecule has 0 aliphatic heterocycles. The van der Waals surface area contributed by atoms with E-state index >= 15 is 0 Å². The fourth-order valence-electron chi connectivity index (χ4n) is 1.70. The number of aryl methyl sites for hydroxylation is 1. The first-order valence-corrected chi connectivity index (χ1v) is 5.89. The van der Waals surface area contributed by atoms with Crippen LogP contribution in [0.2, 0.25) is 0 Å². The van der Waals surface area contributed by atoms with E-state index in [4.69, 9.17) is 5.73 Å². The zero-order chi connectivity index (χ0) is 13.8. The van der Waals surface area contributed by atoms with Crippen molar-refractivity contribution in [3.63, 3.8) is 0 Å². The van der Waals surface area contributed by atoms with E-state index in [2.05, 4.69) is 10.4 Å². The van der Waals surface area contributed by atoms with Crippen LogP contribution in [0.1, 0.15) is 15.9 Å². The molecular formula is C13H15FN4O. The lowest BCUT2D eigenvalue weighted by molar-refractivity contribution is 0.0947. The zero-order valence-corrected chi connectivity index (χ0v) is 10.6. The van der Waals surface area contributed by atoms with Crippen LogP contribution in [0.15, 0.2) is 30.6 Å². The van der Waals surface area contributed by atoms with Crippen molar-refractivity contribution in [2.45, 2.75) is 13.5 Å². The number of nitrogens with one attached hydrogen (secondary N) is 1. The predicted octanol–water partition coefficient (Wildman–Crippen LogP) is 1.34. The van der Waals surface area contributed by atoms with Gasteiger partial charge in [-0.15, -0.1) is 0 Å². The molecule has 0 aliphatic carbocycles. The van der Waals surface area contributed by atoms with Gasteiger partial charge in [0.25, 0.3) is 5.91 Å². The molecule has 2 aromatic rings. The predicted molar refractivity (Wildman–Crippen MR) is 70.1 cm³/mol. The SMILES string of the molecule is Cc1cccc(C(=O)NCCn2cc(N)cn2)c1F. The van der Waals surface area contributed by atoms with E-state index < -0.39 is 11.7 Å². The maximum atomic E-state index is 13.7. The van der Waals surface area contributed by atoms with Gasteiger partial charge in [0.1, 0.15) is 5.82 Å². The Balaban J connectivity index is 1.93. The summed E-state index contributed by atoms with van der Waals surface area (Å²) in [6.07, 6.45) is 3.20. The standard InChI is InChI=1S/C13H15FN4O/c1-9-3-2-4-11(12(9)14)13(19)16-5-6-18-8-10(15)7-17-18/h2-4,7-8H,5-6,15H2,1H3,(H,16,19). The zero-order valence-electron chi connectivity index (χ0n) is 10.6. The Morgan fingerprint density at radius 1 is 1.53 bits per heavy atom. The summed E-state index contributed by atoms with van der Waals surface area (Å²) >= 11 is 0. The highest BCUT2D eigenvalue weighted by atomic mass is 19.1. The third-order valence-electron chi connectivity index (χ3n) is 2.72. The molecule has 1 aromatic heterocycles. The number of benzene rings is 1. The molecule has 19 heavy (non-hydrogen) atoms. The minimum absolute atomic E-state index is 0.0555. The molecule has 1 heterocycles. The molecule has 100 valence electrons. The van der Waals surface area contributed by atoms with Crippen molar-refractivity contribution in [1.29, 1.82) is 0 Å². The van der Waals surface area contributed by atoms with Crippen LogP contribution in [0.25, 0.3) is 0 Å². The number of carbonyl (C=O) groups excluding carboxylic acids is 1. The first-order chi connectivity index (χ1) is 9.08. The summed E-state index contributed by atoms with van der Waals surface area (Å²) in [5, 5.41) is 6.63. The fraction of sp³-hybridized carbons (Fsp3) is 0.231. The average Bonchev–Trinajstić information content (AvgIpc) is 2.78. The van der Waals surface area contributed by atoms with E-state index in [-0.39, 0.29) is 5.56 Å². The molecule has 0 saturated carbocycles. The number of amides is 1. The van der Waals surface area contributed by atoms with Crippen LogP contribution in [0.4, 0.5) is 10.1 Å². The summed E-state index contributed by atoms with van der Waals surface area (Å²) in [7, 11) is 0. The number of nitrogens with zero attached hydrogens (tertiary/aromatic N) is 2. The average molecular weight is 262 g/mol. The molecule has 0 radical (unpaired) electrons. The second-order valence-corrected chi connectivity index (χ2v) is 4.23. The van der Waals surface area contributed by atoms with Gasteiger partial charge in [-0.25, -0.2) is 4.39 Å². The lowest BCUT2D eigenvalue weighted by atomic mass is 10.1. The Hall–Kier alpha value is -2.37. The van der Waals surface area contributed by atoms with Gasteiger partial charge in [-0.05, 0) is 18.6 Å². The van der Waals surface area contributed by atoms with Gasteiger partial charge < -0.3 is 11.1 Å². The molecule has 0 atom stereocenters. The normalized spacial score (nSPS) is 10.4. The molecule has 6 heteroatoms. The van der Waals surface area contributed by atoms with Crippen molar-refractivity contribution in [3.05, 3.63) is 47.5 Å². The molecule has 5 nitrogen and oxygen atoms in total. The Labute approximate surface area is 110 Å². The number of hydrogen-bond acceptors (Lipinski definition) is 3.